The molecule has 1 aliphatic rings. The van der Waals surface area contributed by atoms with Crippen molar-refractivity contribution in [1.82, 2.24) is 0 Å². The lowest BCUT2D eigenvalue weighted by atomic mass is 9.83. The van der Waals surface area contributed by atoms with Crippen molar-refractivity contribution in [1.29, 1.82) is 0 Å². The molecule has 1 aliphatic carbocycles. The van der Waals surface area contributed by atoms with E-state index in [9.17, 15) is 9.59 Å². The van der Waals surface area contributed by atoms with Crippen molar-refractivity contribution < 1.29 is 14.7 Å². The lowest BCUT2D eigenvalue weighted by Gasteiger charge is -2.22. The summed E-state index contributed by atoms with van der Waals surface area (Å²) < 4.78 is 0. The summed E-state index contributed by atoms with van der Waals surface area (Å²) in [5.74, 6) is -0.323. The summed E-state index contributed by atoms with van der Waals surface area (Å²) in [5, 5.41) is 10.8. The molecule has 0 atom stereocenters. The van der Waals surface area contributed by atoms with E-state index >= 15 is 0 Å². The highest BCUT2D eigenvalue weighted by Gasteiger charge is 2.16. The first-order valence-corrected chi connectivity index (χ1v) is 9.53. The minimum absolute atomic E-state index is 0.00518. The van der Waals surface area contributed by atoms with Gasteiger partial charge in [0, 0.05) is 11.1 Å². The number of rotatable bonds is 4. The highest BCUT2D eigenvalue weighted by molar-refractivity contribution is 6.10. The molecule has 0 radical (unpaired) electrons. The van der Waals surface area contributed by atoms with E-state index in [1.165, 1.54) is 37.7 Å². The predicted octanol–water partition coefficient (Wildman–Crippen LogP) is 5.82. The molecule has 0 aliphatic heterocycles. The normalized spacial score (nSPS) is 15.0. The highest BCUT2D eigenvalue weighted by Crippen LogP contribution is 2.32. The molecule has 27 heavy (non-hydrogen) atoms. The summed E-state index contributed by atoms with van der Waals surface area (Å²) in [6.07, 6.45) is 6.42. The Morgan fingerprint density at radius 2 is 1.26 bits per heavy atom. The number of aromatic carboxylic acids is 1. The van der Waals surface area contributed by atoms with Gasteiger partial charge in [0.25, 0.3) is 0 Å². The van der Waals surface area contributed by atoms with Gasteiger partial charge in [0.2, 0.25) is 0 Å². The third-order valence-electron chi connectivity index (χ3n) is 5.60. The molecule has 1 fully saturated rings. The number of ketones is 1. The van der Waals surface area contributed by atoms with Gasteiger partial charge in [-0.1, -0.05) is 61.7 Å². The van der Waals surface area contributed by atoms with Crippen LogP contribution in [0.2, 0.25) is 0 Å². The van der Waals surface area contributed by atoms with Crippen LogP contribution in [-0.4, -0.2) is 16.9 Å². The summed E-state index contributed by atoms with van der Waals surface area (Å²) in [6, 6.07) is 18.4. The molecule has 1 saturated carbocycles. The quantitative estimate of drug-likeness (QED) is 0.598. The van der Waals surface area contributed by atoms with Gasteiger partial charge >= 0.3 is 5.97 Å². The summed E-state index contributed by atoms with van der Waals surface area (Å²) in [5.41, 5.74) is 2.90. The Hall–Kier alpha value is -2.94. The lowest BCUT2D eigenvalue weighted by molar-refractivity contribution is 0.0697. The average molecular weight is 358 g/mol. The molecule has 1 N–H and O–H groups in total. The summed E-state index contributed by atoms with van der Waals surface area (Å²) >= 11 is 0. The van der Waals surface area contributed by atoms with Crippen molar-refractivity contribution >= 4 is 22.5 Å². The fraction of sp³-hybridized carbons (Fsp3) is 0.250. The topological polar surface area (TPSA) is 54.4 Å². The standard InChI is InChI=1S/C24H22O3/c25-23(18-8-6-17(7-9-18)16-4-2-1-3-5-16)21-12-10-20-15-22(24(26)27)13-11-19(20)14-21/h6-16H,1-5H2,(H,26,27). The zero-order valence-corrected chi connectivity index (χ0v) is 15.2. The molecule has 0 spiro atoms. The number of fused-ring (bicyclic) bond motifs is 1. The smallest absolute Gasteiger partial charge is 0.335 e. The van der Waals surface area contributed by atoms with Crippen molar-refractivity contribution in [2.75, 3.05) is 0 Å². The van der Waals surface area contributed by atoms with Crippen LogP contribution in [0.5, 0.6) is 0 Å². The van der Waals surface area contributed by atoms with Crippen LogP contribution in [0.1, 0.15) is 69.9 Å². The molecule has 3 aromatic rings. The van der Waals surface area contributed by atoms with Crippen LogP contribution >= 0.6 is 0 Å². The maximum absolute atomic E-state index is 12.9. The third kappa shape index (κ3) is 3.63. The van der Waals surface area contributed by atoms with E-state index in [2.05, 4.69) is 12.1 Å². The van der Waals surface area contributed by atoms with Gasteiger partial charge in [-0.15, -0.1) is 0 Å². The van der Waals surface area contributed by atoms with E-state index < -0.39 is 5.97 Å². The fourth-order valence-electron chi connectivity index (χ4n) is 4.03. The summed E-state index contributed by atoms with van der Waals surface area (Å²) in [6.45, 7) is 0. The Morgan fingerprint density at radius 3 is 1.89 bits per heavy atom. The van der Waals surface area contributed by atoms with E-state index in [4.69, 9.17) is 5.11 Å². The maximum atomic E-state index is 12.9. The summed E-state index contributed by atoms with van der Waals surface area (Å²) in [7, 11) is 0. The van der Waals surface area contributed by atoms with Gasteiger partial charge in [-0.05, 0) is 53.3 Å². The molecule has 0 heterocycles. The second kappa shape index (κ2) is 7.36. The largest absolute Gasteiger partial charge is 0.478 e. The number of carbonyl (C=O) groups excluding carboxylic acids is 1. The Kier molecular flexibility index (Phi) is 4.76. The number of benzene rings is 3. The molecule has 0 unspecified atom stereocenters. The number of hydrogen-bond acceptors (Lipinski definition) is 2. The highest BCUT2D eigenvalue weighted by atomic mass is 16.4. The number of carboxylic acid groups (broad SMARTS) is 1. The Morgan fingerprint density at radius 1 is 0.704 bits per heavy atom. The molecule has 3 heteroatoms. The number of carbonyl (C=O) groups is 2. The molecular weight excluding hydrogens is 336 g/mol. The second-order valence-electron chi connectivity index (χ2n) is 7.37. The monoisotopic (exact) mass is 358 g/mol. The van der Waals surface area contributed by atoms with Gasteiger partial charge in [0.05, 0.1) is 5.56 Å². The minimum Gasteiger partial charge on any atom is -0.478 e. The Balaban J connectivity index is 1.58. The first-order valence-electron chi connectivity index (χ1n) is 9.53. The SMILES string of the molecule is O=C(O)c1ccc2cc(C(=O)c3ccc(C4CCCCC4)cc3)ccc2c1. The van der Waals surface area contributed by atoms with Crippen molar-refractivity contribution in [2.45, 2.75) is 38.0 Å². The lowest BCUT2D eigenvalue weighted by Crippen LogP contribution is -2.06. The number of carboxylic acids is 1. The summed E-state index contributed by atoms with van der Waals surface area (Å²) in [4.78, 5) is 24.0. The van der Waals surface area contributed by atoms with E-state index in [0.717, 1.165) is 10.8 Å². The average Bonchev–Trinajstić information content (AvgIpc) is 2.73. The van der Waals surface area contributed by atoms with E-state index in [1.807, 2.05) is 24.3 Å². The van der Waals surface area contributed by atoms with E-state index in [-0.39, 0.29) is 11.3 Å². The van der Waals surface area contributed by atoms with Gasteiger partial charge in [0.1, 0.15) is 0 Å². The van der Waals surface area contributed by atoms with Crippen molar-refractivity contribution in [2.24, 2.45) is 0 Å². The molecule has 4 rings (SSSR count). The first-order chi connectivity index (χ1) is 13.1. The second-order valence-corrected chi connectivity index (χ2v) is 7.37. The fourth-order valence-corrected chi connectivity index (χ4v) is 4.03. The van der Waals surface area contributed by atoms with Crippen molar-refractivity contribution in [3.05, 3.63) is 82.9 Å². The minimum atomic E-state index is -0.949. The zero-order valence-electron chi connectivity index (χ0n) is 15.2. The molecule has 0 aromatic heterocycles. The van der Waals surface area contributed by atoms with Gasteiger partial charge in [-0.25, -0.2) is 4.79 Å². The van der Waals surface area contributed by atoms with Crippen molar-refractivity contribution in [3.63, 3.8) is 0 Å². The van der Waals surface area contributed by atoms with Crippen LogP contribution in [0.4, 0.5) is 0 Å². The molecule has 0 amide bonds. The van der Waals surface area contributed by atoms with Crippen LogP contribution in [0.15, 0.2) is 60.7 Å². The van der Waals surface area contributed by atoms with Gasteiger partial charge in [0.15, 0.2) is 5.78 Å². The van der Waals surface area contributed by atoms with Crippen LogP contribution in [-0.2, 0) is 0 Å². The van der Waals surface area contributed by atoms with E-state index in [1.54, 1.807) is 24.3 Å². The van der Waals surface area contributed by atoms with Crippen LogP contribution in [0, 0.1) is 0 Å². The zero-order chi connectivity index (χ0) is 18.8. The number of hydrogen-bond donors (Lipinski definition) is 1. The van der Waals surface area contributed by atoms with Crippen LogP contribution < -0.4 is 0 Å². The Labute approximate surface area is 158 Å². The predicted molar refractivity (Wildman–Crippen MR) is 107 cm³/mol. The molecule has 3 nitrogen and oxygen atoms in total. The van der Waals surface area contributed by atoms with Crippen LogP contribution in [0.3, 0.4) is 0 Å². The Bertz CT molecular complexity index is 996. The molecule has 3 aromatic carbocycles. The van der Waals surface area contributed by atoms with Crippen molar-refractivity contribution in [3.8, 4) is 0 Å². The van der Waals surface area contributed by atoms with Gasteiger partial charge < -0.3 is 5.11 Å². The molecule has 0 saturated heterocycles. The third-order valence-corrected chi connectivity index (χ3v) is 5.60. The maximum Gasteiger partial charge on any atom is 0.335 e. The molecule has 136 valence electrons. The van der Waals surface area contributed by atoms with Gasteiger partial charge in [-0.2, -0.15) is 0 Å². The first kappa shape index (κ1) is 17.5. The molecule has 0 bridgehead atoms. The van der Waals surface area contributed by atoms with Gasteiger partial charge in [-0.3, -0.25) is 4.79 Å². The van der Waals surface area contributed by atoms with E-state index in [0.29, 0.717) is 17.0 Å². The van der Waals surface area contributed by atoms with Crippen LogP contribution in [0.25, 0.3) is 10.8 Å². The molecular formula is C24H22O3.